The van der Waals surface area contributed by atoms with Crippen molar-refractivity contribution in [3.63, 3.8) is 0 Å². The van der Waals surface area contributed by atoms with Gasteiger partial charge in [-0.3, -0.25) is 0 Å². The number of para-hydroxylation sites is 1. The van der Waals surface area contributed by atoms with E-state index in [4.69, 9.17) is 27.9 Å². The molecule has 3 aromatic heterocycles. The highest BCUT2D eigenvalue weighted by molar-refractivity contribution is 6.37. The molecule has 0 bridgehead atoms. The number of aromatic nitrogens is 5. The lowest BCUT2D eigenvalue weighted by Gasteiger charge is -2.06. The maximum atomic E-state index is 6.31. The zero-order valence-corrected chi connectivity index (χ0v) is 15.0. The molecule has 0 unspecified atom stereocenters. The van der Waals surface area contributed by atoms with Crippen molar-refractivity contribution in [2.75, 3.05) is 12.4 Å². The van der Waals surface area contributed by atoms with Crippen molar-refractivity contribution in [1.29, 1.82) is 0 Å². The van der Waals surface area contributed by atoms with Gasteiger partial charge in [0.2, 0.25) is 0 Å². The molecule has 1 aromatic carbocycles. The predicted molar refractivity (Wildman–Crippen MR) is 101 cm³/mol. The Morgan fingerprint density at radius 2 is 1.92 bits per heavy atom. The third-order valence-electron chi connectivity index (χ3n) is 3.73. The van der Waals surface area contributed by atoms with E-state index < -0.39 is 0 Å². The number of pyridine rings is 1. The normalized spacial score (nSPS) is 10.9. The van der Waals surface area contributed by atoms with Gasteiger partial charge in [-0.25, -0.2) is 19.6 Å². The highest BCUT2D eigenvalue weighted by atomic mass is 35.5. The zero-order valence-electron chi connectivity index (χ0n) is 13.5. The number of rotatable bonds is 4. The van der Waals surface area contributed by atoms with Gasteiger partial charge in [0.1, 0.15) is 29.2 Å². The molecule has 0 amide bonds. The molecule has 4 rings (SSSR count). The van der Waals surface area contributed by atoms with Gasteiger partial charge in [0.25, 0.3) is 0 Å². The van der Waals surface area contributed by atoms with Gasteiger partial charge in [-0.05, 0) is 18.2 Å². The van der Waals surface area contributed by atoms with Gasteiger partial charge < -0.3 is 10.1 Å². The predicted octanol–water partition coefficient (Wildman–Crippen LogP) is 4.27. The maximum Gasteiger partial charge on any atom is 0.165 e. The number of fused-ring (bicyclic) bond motifs is 1. The van der Waals surface area contributed by atoms with Crippen molar-refractivity contribution in [2.24, 2.45) is 0 Å². The molecule has 0 radical (unpaired) electrons. The average molecular weight is 387 g/mol. The lowest BCUT2D eigenvalue weighted by Crippen LogP contribution is -1.97. The molecule has 0 atom stereocenters. The molecule has 9 heteroatoms. The summed E-state index contributed by atoms with van der Waals surface area (Å²) < 4.78 is 7.00. The van der Waals surface area contributed by atoms with E-state index in [9.17, 15) is 0 Å². The number of methoxy groups -OCH3 is 1. The second-order valence-corrected chi connectivity index (χ2v) is 6.12. The van der Waals surface area contributed by atoms with Crippen LogP contribution in [0.2, 0.25) is 10.0 Å². The number of anilines is 2. The first kappa shape index (κ1) is 16.6. The minimum atomic E-state index is 0.488. The van der Waals surface area contributed by atoms with Crippen LogP contribution in [-0.4, -0.2) is 31.8 Å². The molecular weight excluding hydrogens is 375 g/mol. The number of benzene rings is 1. The molecule has 0 aliphatic rings. The smallest absolute Gasteiger partial charge is 0.165 e. The molecule has 0 aliphatic heterocycles. The Morgan fingerprint density at radius 3 is 2.62 bits per heavy atom. The van der Waals surface area contributed by atoms with E-state index in [0.29, 0.717) is 38.6 Å². The van der Waals surface area contributed by atoms with Crippen LogP contribution < -0.4 is 10.1 Å². The first-order valence-electron chi connectivity index (χ1n) is 7.57. The molecule has 130 valence electrons. The number of halogens is 2. The zero-order chi connectivity index (χ0) is 18.1. The minimum absolute atomic E-state index is 0.488. The van der Waals surface area contributed by atoms with Crippen LogP contribution in [0.1, 0.15) is 0 Å². The Labute approximate surface area is 158 Å². The molecule has 26 heavy (non-hydrogen) atoms. The Hall–Kier alpha value is -2.90. The SMILES string of the molecule is COc1cnc(Nc2ccncn2)c2cn(-c3c(Cl)cccc3Cl)nc12. The quantitative estimate of drug-likeness (QED) is 0.564. The third-order valence-corrected chi connectivity index (χ3v) is 4.34. The van der Waals surface area contributed by atoms with E-state index in [1.54, 1.807) is 54.6 Å². The number of hydrogen-bond donors (Lipinski definition) is 1. The molecule has 0 spiro atoms. The van der Waals surface area contributed by atoms with E-state index in [-0.39, 0.29) is 0 Å². The first-order valence-corrected chi connectivity index (χ1v) is 8.33. The topological polar surface area (TPSA) is 77.8 Å². The molecule has 7 nitrogen and oxygen atoms in total. The van der Waals surface area contributed by atoms with Gasteiger partial charge in [0, 0.05) is 12.4 Å². The third kappa shape index (κ3) is 2.91. The van der Waals surface area contributed by atoms with Crippen LogP contribution in [0.3, 0.4) is 0 Å². The van der Waals surface area contributed by atoms with Crippen molar-refractivity contribution in [1.82, 2.24) is 24.7 Å². The fourth-order valence-electron chi connectivity index (χ4n) is 2.54. The van der Waals surface area contributed by atoms with Gasteiger partial charge in [-0.15, -0.1) is 0 Å². The maximum absolute atomic E-state index is 6.31. The van der Waals surface area contributed by atoms with Crippen molar-refractivity contribution >= 4 is 45.7 Å². The van der Waals surface area contributed by atoms with Crippen LogP contribution in [0.4, 0.5) is 11.6 Å². The standard InChI is InChI=1S/C17H12Cl2N6O/c1-26-13-7-21-17(23-14-5-6-20-9-22-14)10-8-25(24-15(10)13)16-11(18)3-2-4-12(16)19/h2-9H,1H3,(H,20,21,22,23). The Bertz CT molecular complexity index is 1060. The molecule has 0 fully saturated rings. The highest BCUT2D eigenvalue weighted by Crippen LogP contribution is 2.34. The summed E-state index contributed by atoms with van der Waals surface area (Å²) in [4.78, 5) is 12.5. The molecule has 0 aliphatic carbocycles. The van der Waals surface area contributed by atoms with E-state index in [2.05, 4.69) is 25.4 Å². The Morgan fingerprint density at radius 1 is 1.12 bits per heavy atom. The molecule has 0 saturated carbocycles. The Balaban J connectivity index is 1.89. The molecule has 4 aromatic rings. The fraction of sp³-hybridized carbons (Fsp3) is 0.0588. The van der Waals surface area contributed by atoms with Crippen LogP contribution in [0.5, 0.6) is 5.75 Å². The summed E-state index contributed by atoms with van der Waals surface area (Å²) >= 11 is 12.6. The highest BCUT2D eigenvalue weighted by Gasteiger charge is 2.16. The van der Waals surface area contributed by atoms with E-state index in [1.165, 1.54) is 6.33 Å². The van der Waals surface area contributed by atoms with Crippen LogP contribution in [0, 0.1) is 0 Å². The lowest BCUT2D eigenvalue weighted by molar-refractivity contribution is 0.417. The summed E-state index contributed by atoms with van der Waals surface area (Å²) in [6.45, 7) is 0. The summed E-state index contributed by atoms with van der Waals surface area (Å²) in [7, 11) is 1.56. The van der Waals surface area contributed by atoms with E-state index >= 15 is 0 Å². The van der Waals surface area contributed by atoms with Gasteiger partial charge >= 0.3 is 0 Å². The van der Waals surface area contributed by atoms with Crippen LogP contribution in [0.15, 0.2) is 49.2 Å². The summed E-state index contributed by atoms with van der Waals surface area (Å²) in [5.74, 6) is 1.73. The van der Waals surface area contributed by atoms with Gasteiger partial charge in [-0.2, -0.15) is 5.10 Å². The summed E-state index contributed by atoms with van der Waals surface area (Å²) in [5, 5.41) is 9.45. The summed E-state index contributed by atoms with van der Waals surface area (Å²) in [6.07, 6.45) is 6.48. The number of hydrogen-bond acceptors (Lipinski definition) is 6. The average Bonchev–Trinajstić information content (AvgIpc) is 3.08. The van der Waals surface area contributed by atoms with Crippen LogP contribution >= 0.6 is 23.2 Å². The van der Waals surface area contributed by atoms with Crippen molar-refractivity contribution < 1.29 is 4.74 Å². The second-order valence-electron chi connectivity index (χ2n) is 5.30. The summed E-state index contributed by atoms with van der Waals surface area (Å²) in [6, 6.07) is 7.03. The van der Waals surface area contributed by atoms with Gasteiger partial charge in [0.15, 0.2) is 5.75 Å². The van der Waals surface area contributed by atoms with Crippen molar-refractivity contribution in [2.45, 2.75) is 0 Å². The van der Waals surface area contributed by atoms with Gasteiger partial charge in [0.05, 0.1) is 28.7 Å². The molecule has 3 heterocycles. The second kappa shape index (κ2) is 6.78. The van der Waals surface area contributed by atoms with E-state index in [0.717, 1.165) is 5.39 Å². The minimum Gasteiger partial charge on any atom is -0.493 e. The molecular formula is C17H12Cl2N6O. The summed E-state index contributed by atoms with van der Waals surface area (Å²) in [5.41, 5.74) is 1.21. The number of nitrogens with zero attached hydrogens (tertiary/aromatic N) is 5. The number of nitrogens with one attached hydrogen (secondary N) is 1. The monoisotopic (exact) mass is 386 g/mol. The largest absolute Gasteiger partial charge is 0.493 e. The number of ether oxygens (including phenoxy) is 1. The lowest BCUT2D eigenvalue weighted by atomic mass is 10.3. The van der Waals surface area contributed by atoms with Crippen LogP contribution in [-0.2, 0) is 0 Å². The Kier molecular flexibility index (Phi) is 4.32. The molecule has 0 saturated heterocycles. The molecule has 1 N–H and O–H groups in total. The first-order chi connectivity index (χ1) is 12.7. The van der Waals surface area contributed by atoms with Crippen molar-refractivity contribution in [3.05, 3.63) is 59.2 Å². The van der Waals surface area contributed by atoms with Crippen LogP contribution in [0.25, 0.3) is 16.6 Å². The van der Waals surface area contributed by atoms with Crippen molar-refractivity contribution in [3.8, 4) is 11.4 Å². The van der Waals surface area contributed by atoms with E-state index in [1.807, 2.05) is 0 Å². The van der Waals surface area contributed by atoms with Gasteiger partial charge in [-0.1, -0.05) is 29.3 Å². The fourth-order valence-corrected chi connectivity index (χ4v) is 3.11.